The molecule has 2 aromatic rings. The molecular weight excluding hydrogens is 310 g/mol. The molecule has 1 aliphatic carbocycles. The lowest BCUT2D eigenvalue weighted by molar-refractivity contribution is -0.126. The monoisotopic (exact) mass is 335 g/mol. The Labute approximate surface area is 143 Å². The van der Waals surface area contributed by atoms with Gasteiger partial charge in [-0.15, -0.1) is 12.4 Å². The minimum Gasteiger partial charge on any atom is -0.358 e. The molecule has 126 valence electrons. The Morgan fingerprint density at radius 3 is 2.87 bits per heavy atom. The highest BCUT2D eigenvalue weighted by molar-refractivity contribution is 5.85. The molecule has 5 heteroatoms. The van der Waals surface area contributed by atoms with Gasteiger partial charge in [0, 0.05) is 35.1 Å². The number of H-pyrrole nitrogens is 1. The summed E-state index contributed by atoms with van der Waals surface area (Å²) in [6.45, 7) is 4.80. The van der Waals surface area contributed by atoms with E-state index < -0.39 is 0 Å². The van der Waals surface area contributed by atoms with E-state index in [4.69, 9.17) is 5.73 Å². The molecule has 1 heterocycles. The van der Waals surface area contributed by atoms with Gasteiger partial charge in [0.25, 0.3) is 0 Å². The Bertz CT molecular complexity index is 695. The van der Waals surface area contributed by atoms with Gasteiger partial charge in [-0.25, -0.2) is 0 Å². The number of aromatic amines is 1. The second-order valence-corrected chi connectivity index (χ2v) is 6.60. The molecule has 0 bridgehead atoms. The van der Waals surface area contributed by atoms with Crippen LogP contribution in [-0.2, 0) is 11.3 Å². The smallest absolute Gasteiger partial charge is 0.223 e. The van der Waals surface area contributed by atoms with E-state index in [1.165, 1.54) is 16.6 Å². The summed E-state index contributed by atoms with van der Waals surface area (Å²) >= 11 is 0. The summed E-state index contributed by atoms with van der Waals surface area (Å²) in [7, 11) is 0. The van der Waals surface area contributed by atoms with Crippen molar-refractivity contribution >= 4 is 29.2 Å². The molecule has 2 unspecified atom stereocenters. The zero-order valence-corrected chi connectivity index (χ0v) is 14.6. The van der Waals surface area contributed by atoms with Gasteiger partial charge in [0.1, 0.15) is 0 Å². The summed E-state index contributed by atoms with van der Waals surface area (Å²) in [5.41, 5.74) is 10.7. The van der Waals surface area contributed by atoms with Gasteiger partial charge in [0.2, 0.25) is 5.91 Å². The number of amides is 1. The summed E-state index contributed by atoms with van der Waals surface area (Å²) in [6, 6.07) is 6.52. The van der Waals surface area contributed by atoms with Crippen LogP contribution >= 0.6 is 12.4 Å². The van der Waals surface area contributed by atoms with Crippen LogP contribution < -0.4 is 11.1 Å². The molecule has 1 aromatic carbocycles. The Morgan fingerprint density at radius 1 is 1.35 bits per heavy atom. The lowest BCUT2D eigenvalue weighted by atomic mass is 9.85. The lowest BCUT2D eigenvalue weighted by Gasteiger charge is -2.25. The Morgan fingerprint density at radius 2 is 2.13 bits per heavy atom. The number of carbonyl (C=O) groups is 1. The van der Waals surface area contributed by atoms with Crippen molar-refractivity contribution in [3.63, 3.8) is 0 Å². The maximum atomic E-state index is 12.3. The lowest BCUT2D eigenvalue weighted by Crippen LogP contribution is -2.37. The molecular formula is C18H26ClN3O. The van der Waals surface area contributed by atoms with Crippen molar-refractivity contribution in [1.82, 2.24) is 10.3 Å². The fourth-order valence-electron chi connectivity index (χ4n) is 3.42. The SMILES string of the molecule is Cc1[nH]c2ccc(CNC(=O)C3CCCC(N)C3)cc2c1C.Cl. The second kappa shape index (κ2) is 7.37. The molecule has 0 saturated heterocycles. The second-order valence-electron chi connectivity index (χ2n) is 6.60. The molecule has 2 atom stereocenters. The molecule has 1 amide bonds. The largest absolute Gasteiger partial charge is 0.358 e. The number of rotatable bonds is 3. The maximum Gasteiger partial charge on any atom is 0.223 e. The first kappa shape index (κ1) is 17.8. The van der Waals surface area contributed by atoms with Crippen LogP contribution in [0.1, 0.15) is 42.5 Å². The van der Waals surface area contributed by atoms with Crippen molar-refractivity contribution in [1.29, 1.82) is 0 Å². The molecule has 0 radical (unpaired) electrons. The summed E-state index contributed by atoms with van der Waals surface area (Å²) in [5.74, 6) is 0.237. The number of nitrogens with one attached hydrogen (secondary N) is 2. The standard InChI is InChI=1S/C18H25N3O.ClH/c1-11-12(2)21-17-7-6-13(8-16(11)17)10-20-18(22)14-4-3-5-15(19)9-14;/h6-8,14-15,21H,3-5,9-10,19H2,1-2H3,(H,20,22);1H. The van der Waals surface area contributed by atoms with Gasteiger partial charge in [0.05, 0.1) is 0 Å². The third-order valence-corrected chi connectivity index (χ3v) is 4.92. The van der Waals surface area contributed by atoms with E-state index in [9.17, 15) is 4.79 Å². The minimum atomic E-state index is 0. The van der Waals surface area contributed by atoms with Crippen LogP contribution in [0, 0.1) is 19.8 Å². The van der Waals surface area contributed by atoms with E-state index in [0.717, 1.165) is 36.8 Å². The predicted octanol–water partition coefficient (Wildman–Crippen LogP) is 3.34. The average Bonchev–Trinajstić information content (AvgIpc) is 2.80. The number of hydrogen-bond acceptors (Lipinski definition) is 2. The Balaban J connectivity index is 0.00000192. The van der Waals surface area contributed by atoms with Crippen LogP contribution in [0.5, 0.6) is 0 Å². The fourth-order valence-corrected chi connectivity index (χ4v) is 3.42. The topological polar surface area (TPSA) is 70.9 Å². The van der Waals surface area contributed by atoms with Gasteiger partial charge in [-0.05, 0) is 56.4 Å². The molecule has 4 nitrogen and oxygen atoms in total. The van der Waals surface area contributed by atoms with Crippen LogP contribution in [0.25, 0.3) is 10.9 Å². The molecule has 1 aromatic heterocycles. The van der Waals surface area contributed by atoms with Crippen molar-refractivity contribution in [3.8, 4) is 0 Å². The van der Waals surface area contributed by atoms with Crippen LogP contribution in [0.4, 0.5) is 0 Å². The highest BCUT2D eigenvalue weighted by Gasteiger charge is 2.24. The molecule has 0 spiro atoms. The zero-order chi connectivity index (χ0) is 15.7. The van der Waals surface area contributed by atoms with E-state index in [0.29, 0.717) is 6.54 Å². The number of benzene rings is 1. The first-order valence-electron chi connectivity index (χ1n) is 8.15. The summed E-state index contributed by atoms with van der Waals surface area (Å²) in [5, 5.41) is 4.32. The van der Waals surface area contributed by atoms with Gasteiger partial charge in [-0.3, -0.25) is 4.79 Å². The Hall–Kier alpha value is -1.52. The van der Waals surface area contributed by atoms with E-state index in [2.05, 4.69) is 42.3 Å². The molecule has 23 heavy (non-hydrogen) atoms. The van der Waals surface area contributed by atoms with Crippen molar-refractivity contribution in [3.05, 3.63) is 35.0 Å². The van der Waals surface area contributed by atoms with E-state index in [-0.39, 0.29) is 30.3 Å². The van der Waals surface area contributed by atoms with Crippen molar-refractivity contribution in [2.45, 2.75) is 52.1 Å². The molecule has 0 aliphatic heterocycles. The first-order valence-corrected chi connectivity index (χ1v) is 8.15. The first-order chi connectivity index (χ1) is 10.5. The van der Waals surface area contributed by atoms with E-state index in [1.54, 1.807) is 0 Å². The number of aryl methyl sites for hydroxylation is 2. The number of fused-ring (bicyclic) bond motifs is 1. The number of nitrogens with two attached hydrogens (primary N) is 1. The van der Waals surface area contributed by atoms with Gasteiger partial charge in [-0.2, -0.15) is 0 Å². The number of halogens is 1. The van der Waals surface area contributed by atoms with Crippen molar-refractivity contribution in [2.75, 3.05) is 0 Å². The van der Waals surface area contributed by atoms with Crippen LogP contribution in [0.3, 0.4) is 0 Å². The molecule has 4 N–H and O–H groups in total. The van der Waals surface area contributed by atoms with Gasteiger partial charge in [-0.1, -0.05) is 12.5 Å². The van der Waals surface area contributed by atoms with Gasteiger partial charge in [0.15, 0.2) is 0 Å². The third-order valence-electron chi connectivity index (χ3n) is 4.92. The maximum absolute atomic E-state index is 12.3. The van der Waals surface area contributed by atoms with Crippen LogP contribution in [0.2, 0.25) is 0 Å². The Kier molecular flexibility index (Phi) is 5.71. The fraction of sp³-hybridized carbons (Fsp3) is 0.500. The van der Waals surface area contributed by atoms with E-state index in [1.807, 2.05) is 0 Å². The molecule has 1 aliphatic rings. The van der Waals surface area contributed by atoms with Gasteiger partial charge < -0.3 is 16.0 Å². The number of aromatic nitrogens is 1. The van der Waals surface area contributed by atoms with Crippen molar-refractivity contribution < 1.29 is 4.79 Å². The number of carbonyl (C=O) groups excluding carboxylic acids is 1. The van der Waals surface area contributed by atoms with E-state index >= 15 is 0 Å². The summed E-state index contributed by atoms with van der Waals surface area (Å²) in [6.07, 6.45) is 3.90. The van der Waals surface area contributed by atoms with Crippen LogP contribution in [0.15, 0.2) is 18.2 Å². The number of hydrogen-bond donors (Lipinski definition) is 3. The highest BCUT2D eigenvalue weighted by Crippen LogP contribution is 2.24. The molecule has 3 rings (SSSR count). The summed E-state index contributed by atoms with van der Waals surface area (Å²) in [4.78, 5) is 15.7. The highest BCUT2D eigenvalue weighted by atomic mass is 35.5. The predicted molar refractivity (Wildman–Crippen MR) is 96.8 cm³/mol. The summed E-state index contributed by atoms with van der Waals surface area (Å²) < 4.78 is 0. The average molecular weight is 336 g/mol. The zero-order valence-electron chi connectivity index (χ0n) is 13.8. The molecule has 1 saturated carbocycles. The normalized spacial score (nSPS) is 21.0. The third kappa shape index (κ3) is 3.88. The quantitative estimate of drug-likeness (QED) is 0.805. The molecule has 1 fully saturated rings. The van der Waals surface area contributed by atoms with Gasteiger partial charge >= 0.3 is 0 Å². The van der Waals surface area contributed by atoms with Crippen LogP contribution in [-0.4, -0.2) is 16.9 Å². The van der Waals surface area contributed by atoms with Crippen molar-refractivity contribution in [2.24, 2.45) is 11.7 Å². The minimum absolute atomic E-state index is 0.